The lowest BCUT2D eigenvalue weighted by molar-refractivity contribution is -0.135. The Balaban J connectivity index is 1.56. The number of carbonyl (C=O) groups is 3. The second-order valence-electron chi connectivity index (χ2n) is 9.43. The smallest absolute Gasteiger partial charge is 0.255 e. The number of alkyl halides is 1. The number of likely N-dealkylation sites (tertiary alicyclic amines) is 1. The van der Waals surface area contributed by atoms with E-state index in [1.165, 1.54) is 11.0 Å². The maximum Gasteiger partial charge on any atom is 0.255 e. The lowest BCUT2D eigenvalue weighted by Crippen LogP contribution is -2.43. The summed E-state index contributed by atoms with van der Waals surface area (Å²) in [6.45, 7) is 4.27. The standard InChI is InChI=1S/C25H28Cl2FN3O4/c1-13-9-14(2)29-24(34)18(13)11-31-8-5-16-19(26)10-17(22(27)21(16)25(31)35)23(28)15-3-6-30(7-4-15)20(33)12-32/h9-10,15,18,23,32H,3-8,11-12H2,1-2H3. The molecule has 3 amide bonds. The van der Waals surface area contributed by atoms with Crippen LogP contribution in [0.15, 0.2) is 22.7 Å². The van der Waals surface area contributed by atoms with E-state index >= 15 is 4.39 Å². The van der Waals surface area contributed by atoms with Gasteiger partial charge in [0, 0.05) is 42.5 Å². The van der Waals surface area contributed by atoms with Gasteiger partial charge in [-0.3, -0.25) is 14.4 Å². The van der Waals surface area contributed by atoms with Gasteiger partial charge < -0.3 is 14.9 Å². The summed E-state index contributed by atoms with van der Waals surface area (Å²) in [5, 5.41) is 9.40. The molecule has 35 heavy (non-hydrogen) atoms. The van der Waals surface area contributed by atoms with E-state index in [0.29, 0.717) is 55.2 Å². The van der Waals surface area contributed by atoms with Gasteiger partial charge in [0.05, 0.1) is 16.5 Å². The van der Waals surface area contributed by atoms with Crippen LogP contribution in [0.5, 0.6) is 0 Å². The minimum Gasteiger partial charge on any atom is -0.387 e. The molecule has 0 radical (unpaired) electrons. The molecule has 7 nitrogen and oxygen atoms in total. The van der Waals surface area contributed by atoms with Crippen molar-refractivity contribution in [3.63, 3.8) is 0 Å². The number of allylic oxidation sites excluding steroid dienone is 1. The van der Waals surface area contributed by atoms with Gasteiger partial charge in [0.25, 0.3) is 11.8 Å². The molecule has 3 aliphatic rings. The number of dihydropyridines is 1. The fourth-order valence-corrected chi connectivity index (χ4v) is 5.84. The van der Waals surface area contributed by atoms with Crippen LogP contribution in [-0.2, 0) is 16.0 Å². The molecule has 2 unspecified atom stereocenters. The summed E-state index contributed by atoms with van der Waals surface area (Å²) in [5.74, 6) is -1.95. The zero-order valence-electron chi connectivity index (χ0n) is 19.7. The fraction of sp³-hybridized carbons (Fsp3) is 0.520. The first kappa shape index (κ1) is 25.8. The van der Waals surface area contributed by atoms with Gasteiger partial charge >= 0.3 is 0 Å². The fourth-order valence-electron chi connectivity index (χ4n) is 5.18. The molecule has 1 N–H and O–H groups in total. The van der Waals surface area contributed by atoms with Gasteiger partial charge in [-0.05, 0) is 56.7 Å². The molecule has 0 aliphatic carbocycles. The molecule has 0 bridgehead atoms. The number of aliphatic imine (C=N–C) groups is 1. The third kappa shape index (κ3) is 5.01. The van der Waals surface area contributed by atoms with Crippen molar-refractivity contribution in [2.24, 2.45) is 16.8 Å². The quantitative estimate of drug-likeness (QED) is 0.635. The van der Waals surface area contributed by atoms with Crippen LogP contribution in [0.1, 0.15) is 54.3 Å². The van der Waals surface area contributed by atoms with Crippen molar-refractivity contribution >= 4 is 46.6 Å². The summed E-state index contributed by atoms with van der Waals surface area (Å²) >= 11 is 13.1. The van der Waals surface area contributed by atoms with Crippen LogP contribution in [-0.4, -0.2) is 71.1 Å². The molecule has 0 saturated carbocycles. The number of rotatable bonds is 5. The zero-order valence-corrected chi connectivity index (χ0v) is 21.2. The molecule has 4 rings (SSSR count). The Kier molecular flexibility index (Phi) is 7.64. The Morgan fingerprint density at radius 3 is 2.54 bits per heavy atom. The van der Waals surface area contributed by atoms with Crippen LogP contribution in [0, 0.1) is 11.8 Å². The van der Waals surface area contributed by atoms with E-state index in [1.54, 1.807) is 11.8 Å². The lowest BCUT2D eigenvalue weighted by atomic mass is 9.86. The number of carbonyl (C=O) groups excluding carboxylic acids is 3. The molecule has 3 heterocycles. The molecule has 1 fully saturated rings. The first-order valence-corrected chi connectivity index (χ1v) is 12.5. The second-order valence-corrected chi connectivity index (χ2v) is 10.2. The third-order valence-corrected chi connectivity index (χ3v) is 7.93. The van der Waals surface area contributed by atoms with E-state index in [-0.39, 0.29) is 40.4 Å². The Morgan fingerprint density at radius 1 is 1.23 bits per heavy atom. The second kappa shape index (κ2) is 10.4. The Labute approximate surface area is 213 Å². The minimum atomic E-state index is -1.46. The average Bonchev–Trinajstić information content (AvgIpc) is 2.83. The molecule has 10 heteroatoms. The number of hydrogen-bond acceptors (Lipinski definition) is 4. The number of piperidine rings is 1. The monoisotopic (exact) mass is 523 g/mol. The van der Waals surface area contributed by atoms with Crippen LogP contribution in [0.4, 0.5) is 4.39 Å². The van der Waals surface area contributed by atoms with Gasteiger partial charge in [-0.25, -0.2) is 9.38 Å². The minimum absolute atomic E-state index is 0.0524. The van der Waals surface area contributed by atoms with Crippen LogP contribution in [0.25, 0.3) is 0 Å². The van der Waals surface area contributed by atoms with Crippen LogP contribution >= 0.6 is 23.2 Å². The molecule has 0 aromatic heterocycles. The summed E-state index contributed by atoms with van der Waals surface area (Å²) in [7, 11) is 0. The van der Waals surface area contributed by atoms with Crippen molar-refractivity contribution in [2.75, 3.05) is 32.8 Å². The van der Waals surface area contributed by atoms with Gasteiger partial charge in [0.1, 0.15) is 12.8 Å². The first-order valence-electron chi connectivity index (χ1n) is 11.7. The number of nitrogens with zero attached hydrogens (tertiary/aromatic N) is 3. The number of aliphatic hydroxyl groups is 1. The van der Waals surface area contributed by atoms with Gasteiger partial charge in [0.15, 0.2) is 0 Å². The first-order chi connectivity index (χ1) is 16.6. The van der Waals surface area contributed by atoms with Crippen molar-refractivity contribution in [2.45, 2.75) is 39.3 Å². The van der Waals surface area contributed by atoms with Gasteiger partial charge in [-0.1, -0.05) is 28.8 Å². The molecular formula is C25H28Cl2FN3O4. The van der Waals surface area contributed by atoms with Crippen molar-refractivity contribution < 1.29 is 23.9 Å². The lowest BCUT2D eigenvalue weighted by Gasteiger charge is -2.35. The van der Waals surface area contributed by atoms with E-state index in [9.17, 15) is 14.4 Å². The highest BCUT2D eigenvalue weighted by Crippen LogP contribution is 2.43. The highest BCUT2D eigenvalue weighted by atomic mass is 35.5. The van der Waals surface area contributed by atoms with Gasteiger partial charge in [-0.15, -0.1) is 0 Å². The predicted octanol–water partition coefficient (Wildman–Crippen LogP) is 3.80. The molecule has 188 valence electrons. The van der Waals surface area contributed by atoms with Gasteiger partial charge in [-0.2, -0.15) is 0 Å². The molecular weight excluding hydrogens is 496 g/mol. The number of benzene rings is 1. The highest BCUT2D eigenvalue weighted by molar-refractivity contribution is 6.37. The van der Waals surface area contributed by atoms with Crippen molar-refractivity contribution in [1.29, 1.82) is 0 Å². The number of hydrogen-bond donors (Lipinski definition) is 1. The summed E-state index contributed by atoms with van der Waals surface area (Å²) in [5.41, 5.74) is 2.43. The average molecular weight is 524 g/mol. The van der Waals surface area contributed by atoms with Crippen molar-refractivity contribution in [3.8, 4) is 0 Å². The molecule has 1 aromatic rings. The molecule has 2 atom stereocenters. The summed E-state index contributed by atoms with van der Waals surface area (Å²) < 4.78 is 15.7. The van der Waals surface area contributed by atoms with E-state index in [0.717, 1.165) is 5.57 Å². The highest BCUT2D eigenvalue weighted by Gasteiger charge is 2.37. The molecule has 1 aromatic carbocycles. The van der Waals surface area contributed by atoms with Crippen LogP contribution < -0.4 is 0 Å². The molecule has 3 aliphatic heterocycles. The van der Waals surface area contributed by atoms with E-state index in [1.807, 2.05) is 13.0 Å². The maximum absolute atomic E-state index is 15.7. The van der Waals surface area contributed by atoms with E-state index < -0.39 is 24.6 Å². The van der Waals surface area contributed by atoms with Crippen LogP contribution in [0.2, 0.25) is 10.0 Å². The molecule has 0 spiro atoms. The Hall–Kier alpha value is -2.29. The largest absolute Gasteiger partial charge is 0.387 e. The van der Waals surface area contributed by atoms with Crippen molar-refractivity contribution in [1.82, 2.24) is 9.80 Å². The summed E-state index contributed by atoms with van der Waals surface area (Å²) in [4.78, 5) is 44.7. The predicted molar refractivity (Wildman–Crippen MR) is 132 cm³/mol. The Bertz CT molecular complexity index is 1130. The third-order valence-electron chi connectivity index (χ3n) is 7.19. The van der Waals surface area contributed by atoms with E-state index in [2.05, 4.69) is 4.99 Å². The zero-order chi connectivity index (χ0) is 25.4. The van der Waals surface area contributed by atoms with Crippen molar-refractivity contribution in [3.05, 3.63) is 44.5 Å². The van der Waals surface area contributed by atoms with Crippen LogP contribution in [0.3, 0.4) is 0 Å². The Morgan fingerprint density at radius 2 is 1.91 bits per heavy atom. The number of aliphatic hydroxyl groups excluding tert-OH is 1. The summed E-state index contributed by atoms with van der Waals surface area (Å²) in [6.07, 6.45) is 1.65. The normalized spacial score (nSPS) is 22.1. The van der Waals surface area contributed by atoms with Gasteiger partial charge in [0.2, 0.25) is 5.91 Å². The summed E-state index contributed by atoms with van der Waals surface area (Å²) in [6, 6.07) is 1.51. The topological polar surface area (TPSA) is 90.3 Å². The molecule has 1 saturated heterocycles. The SMILES string of the molecule is CC1=CC(C)=NC(=O)C1CN1CCc2c(Cl)cc(C(F)C3CCN(C(=O)CO)CC3)c(Cl)c2C1=O. The number of fused-ring (bicyclic) bond motifs is 1. The number of amides is 3. The number of halogens is 3. The maximum atomic E-state index is 15.7. The van der Waals surface area contributed by atoms with E-state index in [4.69, 9.17) is 28.3 Å².